The molecule has 1 aromatic carbocycles. The first-order chi connectivity index (χ1) is 13.6. The predicted octanol–water partition coefficient (Wildman–Crippen LogP) is 2.95. The van der Waals surface area contributed by atoms with Gasteiger partial charge in [-0.1, -0.05) is 12.1 Å². The van der Waals surface area contributed by atoms with Gasteiger partial charge in [-0.3, -0.25) is 4.79 Å². The molecule has 1 saturated heterocycles. The van der Waals surface area contributed by atoms with Crippen molar-refractivity contribution in [3.8, 4) is 11.5 Å². The molecule has 6 nitrogen and oxygen atoms in total. The molecule has 0 spiro atoms. The van der Waals surface area contributed by atoms with Gasteiger partial charge in [-0.2, -0.15) is 0 Å². The first-order valence-corrected chi connectivity index (χ1v) is 9.42. The van der Waals surface area contributed by atoms with Gasteiger partial charge in [0.05, 0.1) is 6.42 Å². The zero-order valence-electron chi connectivity index (χ0n) is 15.7. The number of benzene rings is 1. The van der Waals surface area contributed by atoms with E-state index in [1.807, 2.05) is 17.9 Å². The Balaban J connectivity index is 1.35. The van der Waals surface area contributed by atoms with Gasteiger partial charge in [0.2, 0.25) is 5.91 Å². The highest BCUT2D eigenvalue weighted by Gasteiger charge is 2.26. The van der Waals surface area contributed by atoms with E-state index in [4.69, 9.17) is 0 Å². The van der Waals surface area contributed by atoms with Gasteiger partial charge >= 0.3 is 0 Å². The fourth-order valence-corrected chi connectivity index (χ4v) is 3.59. The number of imidazole rings is 1. The Labute approximate surface area is 162 Å². The van der Waals surface area contributed by atoms with Crippen molar-refractivity contribution in [2.75, 3.05) is 13.1 Å². The molecule has 1 aliphatic rings. The SMILES string of the molecule is Cc1cnc(-c2cc(CC3CCN(C(=O)Cc4ccc(F)cc4)C3)ncn2)[nH]1. The van der Waals surface area contributed by atoms with Crippen LogP contribution in [0.3, 0.4) is 0 Å². The van der Waals surface area contributed by atoms with Crippen molar-refractivity contribution in [1.82, 2.24) is 24.8 Å². The van der Waals surface area contributed by atoms with E-state index in [1.165, 1.54) is 12.1 Å². The molecule has 1 fully saturated rings. The van der Waals surface area contributed by atoms with Crippen molar-refractivity contribution < 1.29 is 9.18 Å². The first-order valence-electron chi connectivity index (χ1n) is 9.42. The van der Waals surface area contributed by atoms with Gasteiger partial charge in [-0.05, 0) is 49.4 Å². The molecule has 28 heavy (non-hydrogen) atoms. The Bertz CT molecular complexity index is 969. The highest BCUT2D eigenvalue weighted by atomic mass is 19.1. The topological polar surface area (TPSA) is 74.8 Å². The summed E-state index contributed by atoms with van der Waals surface area (Å²) in [6.45, 7) is 3.42. The Morgan fingerprint density at radius 2 is 2.07 bits per heavy atom. The van der Waals surface area contributed by atoms with Crippen LogP contribution in [0.5, 0.6) is 0 Å². The number of H-pyrrole nitrogens is 1. The van der Waals surface area contributed by atoms with Crippen LogP contribution in [-0.4, -0.2) is 43.8 Å². The molecule has 0 bridgehead atoms. The predicted molar refractivity (Wildman–Crippen MR) is 103 cm³/mol. The average molecular weight is 379 g/mol. The number of carbonyl (C=O) groups excluding carboxylic acids is 1. The number of nitrogens with zero attached hydrogens (tertiary/aromatic N) is 4. The van der Waals surface area contributed by atoms with Gasteiger partial charge in [0, 0.05) is 30.7 Å². The second-order valence-corrected chi connectivity index (χ2v) is 7.31. The summed E-state index contributed by atoms with van der Waals surface area (Å²) in [5.74, 6) is 0.914. The fraction of sp³-hybridized carbons (Fsp3) is 0.333. The molecule has 1 atom stereocenters. The lowest BCUT2D eigenvalue weighted by Gasteiger charge is -2.16. The lowest BCUT2D eigenvalue weighted by Crippen LogP contribution is -2.30. The lowest BCUT2D eigenvalue weighted by atomic mass is 10.0. The third-order valence-corrected chi connectivity index (χ3v) is 5.07. The number of hydrogen-bond donors (Lipinski definition) is 1. The number of halogens is 1. The standard InChI is InChI=1S/C21H22FN5O/c1-14-11-23-21(26-14)19-10-18(24-13-25-19)8-16-6-7-27(12-16)20(28)9-15-2-4-17(22)5-3-15/h2-5,10-11,13,16H,6-9,12H2,1H3,(H,23,26). The molecule has 7 heteroatoms. The highest BCUT2D eigenvalue weighted by molar-refractivity contribution is 5.79. The van der Waals surface area contributed by atoms with Crippen LogP contribution in [0.15, 0.2) is 42.9 Å². The molecule has 3 heterocycles. The van der Waals surface area contributed by atoms with Crippen molar-refractivity contribution >= 4 is 5.91 Å². The summed E-state index contributed by atoms with van der Waals surface area (Å²) in [6.07, 6.45) is 5.40. The van der Waals surface area contributed by atoms with Crippen molar-refractivity contribution in [1.29, 1.82) is 0 Å². The molecule has 1 N–H and O–H groups in total. The molecule has 1 aliphatic heterocycles. The maximum absolute atomic E-state index is 13.0. The minimum absolute atomic E-state index is 0.0866. The van der Waals surface area contributed by atoms with Gasteiger partial charge in [-0.25, -0.2) is 19.3 Å². The quantitative estimate of drug-likeness (QED) is 0.740. The summed E-state index contributed by atoms with van der Waals surface area (Å²) in [5, 5.41) is 0. The number of hydrogen-bond acceptors (Lipinski definition) is 4. The smallest absolute Gasteiger partial charge is 0.226 e. The van der Waals surface area contributed by atoms with E-state index in [9.17, 15) is 9.18 Å². The molecule has 1 unspecified atom stereocenters. The fourth-order valence-electron chi connectivity index (χ4n) is 3.59. The molecule has 0 aliphatic carbocycles. The molecule has 144 valence electrons. The number of aryl methyl sites for hydroxylation is 1. The van der Waals surface area contributed by atoms with Crippen molar-refractivity contribution in [2.24, 2.45) is 5.92 Å². The van der Waals surface area contributed by atoms with Crippen LogP contribution >= 0.6 is 0 Å². The molecule has 0 saturated carbocycles. The third-order valence-electron chi connectivity index (χ3n) is 5.07. The lowest BCUT2D eigenvalue weighted by molar-refractivity contribution is -0.129. The van der Waals surface area contributed by atoms with E-state index >= 15 is 0 Å². The van der Waals surface area contributed by atoms with Crippen molar-refractivity contribution in [3.63, 3.8) is 0 Å². The summed E-state index contributed by atoms with van der Waals surface area (Å²) in [7, 11) is 0. The van der Waals surface area contributed by atoms with Crippen LogP contribution in [-0.2, 0) is 17.6 Å². The van der Waals surface area contributed by atoms with Crippen LogP contribution in [0.1, 0.15) is 23.4 Å². The van der Waals surface area contributed by atoms with E-state index in [0.717, 1.165) is 54.4 Å². The number of nitrogens with one attached hydrogen (secondary N) is 1. The number of likely N-dealkylation sites (tertiary alicyclic amines) is 1. The number of rotatable bonds is 5. The maximum Gasteiger partial charge on any atom is 0.226 e. The van der Waals surface area contributed by atoms with E-state index in [1.54, 1.807) is 24.7 Å². The summed E-state index contributed by atoms with van der Waals surface area (Å²) in [6, 6.07) is 8.07. The number of amides is 1. The Hall–Kier alpha value is -3.09. The largest absolute Gasteiger partial charge is 0.342 e. The van der Waals surface area contributed by atoms with Crippen LogP contribution in [0, 0.1) is 18.7 Å². The average Bonchev–Trinajstić information content (AvgIpc) is 3.33. The third kappa shape index (κ3) is 4.24. The van der Waals surface area contributed by atoms with Crippen LogP contribution < -0.4 is 0 Å². The zero-order valence-corrected chi connectivity index (χ0v) is 15.7. The monoisotopic (exact) mass is 379 g/mol. The summed E-state index contributed by atoms with van der Waals surface area (Å²) in [5.41, 5.74) is 3.56. The van der Waals surface area contributed by atoms with Gasteiger partial charge in [0.1, 0.15) is 17.8 Å². The first kappa shape index (κ1) is 18.3. The Morgan fingerprint density at radius 3 is 2.82 bits per heavy atom. The van der Waals surface area contributed by atoms with Crippen LogP contribution in [0.2, 0.25) is 0 Å². The molecule has 2 aromatic heterocycles. The van der Waals surface area contributed by atoms with Gasteiger partial charge in [-0.15, -0.1) is 0 Å². The van der Waals surface area contributed by atoms with Crippen LogP contribution in [0.4, 0.5) is 4.39 Å². The molecule has 0 radical (unpaired) electrons. The van der Waals surface area contributed by atoms with Crippen LogP contribution in [0.25, 0.3) is 11.5 Å². The summed E-state index contributed by atoms with van der Waals surface area (Å²) >= 11 is 0. The summed E-state index contributed by atoms with van der Waals surface area (Å²) in [4.78, 5) is 30.6. The minimum Gasteiger partial charge on any atom is -0.342 e. The van der Waals surface area contributed by atoms with Gasteiger partial charge < -0.3 is 9.88 Å². The normalized spacial score (nSPS) is 16.5. The number of aromatic nitrogens is 4. The van der Waals surface area contributed by atoms with E-state index in [2.05, 4.69) is 19.9 Å². The second-order valence-electron chi connectivity index (χ2n) is 7.31. The molecular formula is C21H22FN5O. The van der Waals surface area contributed by atoms with E-state index < -0.39 is 0 Å². The molecule has 1 amide bonds. The van der Waals surface area contributed by atoms with Crippen molar-refractivity contribution in [3.05, 3.63) is 65.6 Å². The zero-order chi connectivity index (χ0) is 19.5. The Morgan fingerprint density at radius 1 is 1.25 bits per heavy atom. The van der Waals surface area contributed by atoms with Gasteiger partial charge in [0.25, 0.3) is 0 Å². The van der Waals surface area contributed by atoms with Gasteiger partial charge in [0.15, 0.2) is 5.82 Å². The van der Waals surface area contributed by atoms with Crippen molar-refractivity contribution in [2.45, 2.75) is 26.2 Å². The summed E-state index contributed by atoms with van der Waals surface area (Å²) < 4.78 is 13.0. The number of carbonyl (C=O) groups is 1. The maximum atomic E-state index is 13.0. The Kier molecular flexibility index (Phi) is 5.14. The van der Waals surface area contributed by atoms with E-state index in [0.29, 0.717) is 12.3 Å². The molecule has 3 aromatic rings. The minimum atomic E-state index is -0.286. The molecule has 4 rings (SSSR count). The number of aromatic amines is 1. The van der Waals surface area contributed by atoms with E-state index in [-0.39, 0.29) is 11.7 Å². The highest BCUT2D eigenvalue weighted by Crippen LogP contribution is 2.22. The molecular weight excluding hydrogens is 357 g/mol. The second kappa shape index (κ2) is 7.88.